The number of nitrogens with zero attached hydrogens (tertiary/aromatic N) is 1. The van der Waals surface area contributed by atoms with E-state index >= 15 is 0 Å². The molecule has 216 valence electrons. The Morgan fingerprint density at radius 1 is 0.976 bits per heavy atom. The van der Waals surface area contributed by atoms with Gasteiger partial charge in [-0.15, -0.1) is 0 Å². The van der Waals surface area contributed by atoms with E-state index in [1.165, 1.54) is 19.2 Å². The van der Waals surface area contributed by atoms with Crippen molar-refractivity contribution in [3.8, 4) is 23.2 Å². The minimum atomic E-state index is -2.42. The molecule has 4 rings (SSSR count). The summed E-state index contributed by atoms with van der Waals surface area (Å²) >= 11 is 0. The molecular formula is C34H33FNO5P. The second-order valence-electron chi connectivity index (χ2n) is 10.1. The van der Waals surface area contributed by atoms with Crippen molar-refractivity contribution in [2.45, 2.75) is 38.2 Å². The van der Waals surface area contributed by atoms with Crippen LogP contribution in [-0.2, 0) is 18.6 Å². The van der Waals surface area contributed by atoms with Crippen LogP contribution in [0.4, 0.5) is 4.39 Å². The summed E-state index contributed by atoms with van der Waals surface area (Å²) in [6.45, 7) is 4.01. The van der Waals surface area contributed by atoms with Crippen LogP contribution in [0.3, 0.4) is 0 Å². The molecule has 0 radical (unpaired) electrons. The maximum absolute atomic E-state index is 13.9. The number of aliphatic hydroxyl groups excluding tert-OH is 1. The molecule has 2 unspecified atom stereocenters. The maximum Gasteiger partial charge on any atom is 0.322 e. The molecule has 42 heavy (non-hydrogen) atoms. The molecule has 1 aromatic heterocycles. The predicted molar refractivity (Wildman–Crippen MR) is 162 cm³/mol. The zero-order chi connectivity index (χ0) is 30.1. The summed E-state index contributed by atoms with van der Waals surface area (Å²) < 4.78 is 35.3. The van der Waals surface area contributed by atoms with Gasteiger partial charge in [0, 0.05) is 18.8 Å². The Morgan fingerprint density at radius 3 is 2.12 bits per heavy atom. The molecule has 1 heterocycles. The number of hydrogen-bond acceptors (Lipinski definition) is 6. The molecule has 0 fully saturated rings. The van der Waals surface area contributed by atoms with Gasteiger partial charge >= 0.3 is 5.97 Å². The summed E-state index contributed by atoms with van der Waals surface area (Å²) in [5.74, 6) is 1.62. The molecule has 8 heteroatoms. The van der Waals surface area contributed by atoms with Crippen molar-refractivity contribution in [2.24, 2.45) is 0 Å². The van der Waals surface area contributed by atoms with E-state index in [9.17, 15) is 18.9 Å². The number of carbonyl (C=O) groups excluding carboxylic acids is 1. The van der Waals surface area contributed by atoms with Crippen LogP contribution in [-0.4, -0.2) is 35.4 Å². The van der Waals surface area contributed by atoms with Gasteiger partial charge in [-0.25, -0.2) is 4.39 Å². The van der Waals surface area contributed by atoms with Crippen LogP contribution in [0.2, 0.25) is 0 Å². The zero-order valence-corrected chi connectivity index (χ0v) is 24.7. The summed E-state index contributed by atoms with van der Waals surface area (Å²) in [4.78, 5) is 17.4. The lowest BCUT2D eigenvalue weighted by molar-refractivity contribution is -0.138. The van der Waals surface area contributed by atoms with Crippen LogP contribution < -0.4 is 0 Å². The lowest BCUT2D eigenvalue weighted by atomic mass is 9.85. The lowest BCUT2D eigenvalue weighted by Gasteiger charge is -2.22. The average Bonchev–Trinajstić information content (AvgIpc) is 2.99. The number of ether oxygens (including phenoxy) is 1. The monoisotopic (exact) mass is 585 g/mol. The molecule has 2 atom stereocenters. The van der Waals surface area contributed by atoms with Crippen LogP contribution in [0, 0.1) is 17.8 Å². The first-order valence-corrected chi connectivity index (χ1v) is 15.1. The van der Waals surface area contributed by atoms with Gasteiger partial charge < -0.3 is 14.4 Å². The minimum Gasteiger partial charge on any atom is -0.392 e. The van der Waals surface area contributed by atoms with Gasteiger partial charge in [0.05, 0.1) is 35.4 Å². The van der Waals surface area contributed by atoms with Crippen molar-refractivity contribution in [3.63, 3.8) is 0 Å². The third kappa shape index (κ3) is 8.02. The molecule has 0 bridgehead atoms. The molecule has 1 N–H and O–H groups in total. The fraction of sp³-hybridized carbons (Fsp3) is 0.235. The molecule has 0 saturated heterocycles. The average molecular weight is 586 g/mol. The highest BCUT2D eigenvalue weighted by molar-refractivity contribution is 7.39. The molecule has 4 aromatic rings. The molecule has 3 aromatic carbocycles. The highest BCUT2D eigenvalue weighted by Gasteiger charge is 2.23. The van der Waals surface area contributed by atoms with Crippen molar-refractivity contribution in [1.29, 1.82) is 0 Å². The van der Waals surface area contributed by atoms with Crippen molar-refractivity contribution in [2.75, 3.05) is 13.3 Å². The molecular weight excluding hydrogens is 552 g/mol. The molecule has 0 spiro atoms. The van der Waals surface area contributed by atoms with Crippen LogP contribution >= 0.6 is 8.03 Å². The van der Waals surface area contributed by atoms with Gasteiger partial charge in [-0.1, -0.05) is 86.6 Å². The van der Waals surface area contributed by atoms with Crippen molar-refractivity contribution in [3.05, 3.63) is 125 Å². The first-order valence-electron chi connectivity index (χ1n) is 13.6. The zero-order valence-electron chi connectivity index (χ0n) is 23.7. The SMILES string of the molecule is CO[PH](=O)CC(O)CC(=O)OC#Cc1c(-c2ccc(F)cc2)cc(C(c2ccccc2)c2ccccc2)nc1C(C)C. The standard InChI is InChI=1S/C34H33FNO5P/c1-23(2)34-29(18-19-41-32(38)20-28(37)22-42(39)40-3)30(24-14-16-27(35)17-15-24)21-31(36-34)33(25-10-6-4-7-11-25)26-12-8-5-9-13-26/h4-17,21,23,28,33,37,42H,20,22H2,1-3H3. The van der Waals surface area contributed by atoms with Crippen molar-refractivity contribution < 1.29 is 28.1 Å². The number of esters is 1. The van der Waals surface area contributed by atoms with Crippen LogP contribution in [0.25, 0.3) is 11.1 Å². The summed E-state index contributed by atoms with van der Waals surface area (Å²) in [6.07, 6.45) is 0.792. The van der Waals surface area contributed by atoms with E-state index in [0.717, 1.165) is 27.9 Å². The minimum absolute atomic E-state index is 0.0511. The Morgan fingerprint density at radius 2 is 1.57 bits per heavy atom. The number of benzene rings is 3. The number of rotatable bonds is 10. The Kier molecular flexibility index (Phi) is 10.8. The van der Waals surface area contributed by atoms with E-state index in [-0.39, 0.29) is 30.2 Å². The normalized spacial score (nSPS) is 12.5. The third-order valence-corrected chi connectivity index (χ3v) is 7.96. The number of carbonyl (C=O) groups is 1. The van der Waals surface area contributed by atoms with E-state index in [2.05, 4.69) is 36.3 Å². The van der Waals surface area contributed by atoms with Gasteiger partial charge in [-0.3, -0.25) is 14.3 Å². The topological polar surface area (TPSA) is 85.7 Å². The van der Waals surface area contributed by atoms with Crippen molar-refractivity contribution >= 4 is 14.0 Å². The molecule has 0 amide bonds. The van der Waals surface area contributed by atoms with Gasteiger partial charge in [-0.05, 0) is 46.7 Å². The smallest absolute Gasteiger partial charge is 0.322 e. The van der Waals surface area contributed by atoms with E-state index in [4.69, 9.17) is 14.2 Å². The molecule has 0 aliphatic rings. The van der Waals surface area contributed by atoms with Crippen LogP contribution in [0.15, 0.2) is 91.0 Å². The second-order valence-corrected chi connectivity index (χ2v) is 11.7. The largest absolute Gasteiger partial charge is 0.392 e. The van der Waals surface area contributed by atoms with Gasteiger partial charge in [0.15, 0.2) is 8.03 Å². The summed E-state index contributed by atoms with van der Waals surface area (Å²) in [5.41, 5.74) is 5.65. The fourth-order valence-electron chi connectivity index (χ4n) is 4.68. The predicted octanol–water partition coefficient (Wildman–Crippen LogP) is 6.92. The Bertz CT molecular complexity index is 1540. The second kappa shape index (κ2) is 14.7. The quantitative estimate of drug-likeness (QED) is 0.124. The van der Waals surface area contributed by atoms with E-state index in [0.29, 0.717) is 11.3 Å². The lowest BCUT2D eigenvalue weighted by Crippen LogP contribution is -2.17. The Balaban J connectivity index is 1.81. The summed E-state index contributed by atoms with van der Waals surface area (Å²) in [6, 6.07) is 28.3. The maximum atomic E-state index is 13.9. The van der Waals surface area contributed by atoms with E-state index in [1.54, 1.807) is 12.1 Å². The number of pyridine rings is 1. The summed E-state index contributed by atoms with van der Waals surface area (Å²) in [7, 11) is -1.14. The molecule has 0 aliphatic carbocycles. The Labute approximate surface area is 246 Å². The van der Waals surface area contributed by atoms with Crippen LogP contribution in [0.5, 0.6) is 0 Å². The van der Waals surface area contributed by atoms with Crippen LogP contribution in [0.1, 0.15) is 60.2 Å². The third-order valence-electron chi connectivity index (χ3n) is 6.70. The van der Waals surface area contributed by atoms with E-state index < -0.39 is 20.1 Å². The Hall–Kier alpha value is -4.08. The number of halogens is 1. The summed E-state index contributed by atoms with van der Waals surface area (Å²) in [5, 5.41) is 10.00. The van der Waals surface area contributed by atoms with E-state index in [1.807, 2.05) is 56.3 Å². The highest BCUT2D eigenvalue weighted by atomic mass is 31.1. The number of aromatic nitrogens is 1. The number of hydrogen-bond donors (Lipinski definition) is 1. The first kappa shape index (κ1) is 30.9. The van der Waals surface area contributed by atoms with Gasteiger partial charge in [-0.2, -0.15) is 0 Å². The van der Waals surface area contributed by atoms with Gasteiger partial charge in [0.1, 0.15) is 11.9 Å². The molecule has 0 aliphatic heterocycles. The van der Waals surface area contributed by atoms with Gasteiger partial charge in [0.2, 0.25) is 0 Å². The molecule has 0 saturated carbocycles. The number of aliphatic hydroxyl groups is 1. The highest BCUT2D eigenvalue weighted by Crippen LogP contribution is 2.37. The first-order chi connectivity index (χ1) is 20.3. The van der Waals surface area contributed by atoms with Gasteiger partial charge in [0.25, 0.3) is 0 Å². The van der Waals surface area contributed by atoms with Crippen molar-refractivity contribution in [1.82, 2.24) is 4.98 Å². The fourth-order valence-corrected chi connectivity index (χ4v) is 5.38. The molecule has 6 nitrogen and oxygen atoms in total.